The molecule has 0 unspecified atom stereocenters. The third kappa shape index (κ3) is 3.25. The van der Waals surface area contributed by atoms with Crippen LogP contribution in [0.3, 0.4) is 0 Å². The summed E-state index contributed by atoms with van der Waals surface area (Å²) < 4.78 is 0. The summed E-state index contributed by atoms with van der Waals surface area (Å²) in [5.74, 6) is 1.32. The van der Waals surface area contributed by atoms with E-state index in [1.807, 2.05) is 18.2 Å². The summed E-state index contributed by atoms with van der Waals surface area (Å²) in [5, 5.41) is 4.18. The Labute approximate surface area is 130 Å². The maximum atomic E-state index is 6.06. The number of halogens is 1. The van der Waals surface area contributed by atoms with Gasteiger partial charge in [0.05, 0.1) is 11.4 Å². The van der Waals surface area contributed by atoms with Gasteiger partial charge in [-0.05, 0) is 23.6 Å². The van der Waals surface area contributed by atoms with Crippen LogP contribution in [0, 0.1) is 0 Å². The fraction of sp³-hybridized carbons (Fsp3) is 0.412. The van der Waals surface area contributed by atoms with E-state index < -0.39 is 0 Å². The number of fused-ring (bicyclic) bond motifs is 1. The number of hydrogen-bond donors (Lipinski definition) is 1. The molecule has 3 nitrogen and oxygen atoms in total. The van der Waals surface area contributed by atoms with Crippen molar-refractivity contribution in [3.05, 3.63) is 57.6 Å². The second-order valence-corrected chi connectivity index (χ2v) is 6.27. The number of benzene rings is 1. The van der Waals surface area contributed by atoms with Crippen molar-refractivity contribution in [2.24, 2.45) is 0 Å². The van der Waals surface area contributed by atoms with Crippen LogP contribution in [0.25, 0.3) is 0 Å². The van der Waals surface area contributed by atoms with E-state index in [2.05, 4.69) is 25.2 Å². The van der Waals surface area contributed by atoms with E-state index in [1.54, 1.807) is 0 Å². The minimum Gasteiger partial charge on any atom is -0.312 e. The Morgan fingerprint density at radius 1 is 1.29 bits per heavy atom. The van der Waals surface area contributed by atoms with Crippen LogP contribution in [-0.2, 0) is 19.4 Å². The third-order valence-corrected chi connectivity index (χ3v) is 4.04. The van der Waals surface area contributed by atoms with Gasteiger partial charge in [-0.15, -0.1) is 0 Å². The molecule has 0 atom stereocenters. The van der Waals surface area contributed by atoms with Gasteiger partial charge in [-0.1, -0.05) is 37.6 Å². The monoisotopic (exact) mass is 301 g/mol. The third-order valence-electron chi connectivity index (χ3n) is 3.81. The van der Waals surface area contributed by atoms with Crippen molar-refractivity contribution in [3.8, 4) is 0 Å². The van der Waals surface area contributed by atoms with Crippen molar-refractivity contribution in [1.29, 1.82) is 0 Å². The summed E-state index contributed by atoms with van der Waals surface area (Å²) in [7, 11) is 0. The van der Waals surface area contributed by atoms with Crippen LogP contribution in [-0.4, -0.2) is 16.5 Å². The van der Waals surface area contributed by atoms with Gasteiger partial charge in [0.2, 0.25) is 0 Å². The highest BCUT2D eigenvalue weighted by Crippen LogP contribution is 2.23. The second kappa shape index (κ2) is 6.12. The molecule has 0 saturated heterocycles. The molecule has 4 heteroatoms. The summed E-state index contributed by atoms with van der Waals surface area (Å²) >= 11 is 6.06. The highest BCUT2D eigenvalue weighted by molar-refractivity contribution is 6.30. The Balaban J connectivity index is 1.97. The summed E-state index contributed by atoms with van der Waals surface area (Å²) in [5.41, 5.74) is 4.85. The first-order valence-electron chi connectivity index (χ1n) is 7.47. The summed E-state index contributed by atoms with van der Waals surface area (Å²) in [6, 6.07) is 7.93. The molecule has 0 fully saturated rings. The molecular formula is C17H20ClN3. The number of rotatable bonds is 3. The Bertz CT molecular complexity index is 652. The molecule has 2 aromatic rings. The van der Waals surface area contributed by atoms with E-state index >= 15 is 0 Å². The average Bonchev–Trinajstić information content (AvgIpc) is 2.46. The van der Waals surface area contributed by atoms with Crippen LogP contribution in [0.1, 0.15) is 48.1 Å². The molecule has 1 aliphatic heterocycles. The van der Waals surface area contributed by atoms with E-state index in [-0.39, 0.29) is 0 Å². The first-order valence-corrected chi connectivity index (χ1v) is 7.85. The maximum absolute atomic E-state index is 6.06. The minimum atomic E-state index is 0.416. The Kier molecular flexibility index (Phi) is 4.22. The topological polar surface area (TPSA) is 37.8 Å². The summed E-state index contributed by atoms with van der Waals surface area (Å²) in [6.07, 6.45) is 1.72. The van der Waals surface area contributed by atoms with Crippen LogP contribution in [0.15, 0.2) is 24.3 Å². The molecular weight excluding hydrogens is 282 g/mol. The highest BCUT2D eigenvalue weighted by Gasteiger charge is 2.19. The smallest absolute Gasteiger partial charge is 0.133 e. The van der Waals surface area contributed by atoms with Gasteiger partial charge in [-0.3, -0.25) is 0 Å². The lowest BCUT2D eigenvalue weighted by Crippen LogP contribution is -2.27. The second-order valence-electron chi connectivity index (χ2n) is 5.84. The normalized spacial score (nSPS) is 14.3. The lowest BCUT2D eigenvalue weighted by molar-refractivity contribution is 0.602. The number of nitrogens with one attached hydrogen (secondary N) is 1. The molecule has 3 rings (SSSR count). The van der Waals surface area contributed by atoms with Gasteiger partial charge in [-0.2, -0.15) is 0 Å². The lowest BCUT2D eigenvalue weighted by atomic mass is 9.98. The van der Waals surface area contributed by atoms with Gasteiger partial charge in [0.25, 0.3) is 0 Å². The van der Waals surface area contributed by atoms with E-state index in [1.165, 1.54) is 17.0 Å². The maximum Gasteiger partial charge on any atom is 0.133 e. The first-order chi connectivity index (χ1) is 10.1. The van der Waals surface area contributed by atoms with Crippen LogP contribution in [0.2, 0.25) is 5.02 Å². The predicted octanol–water partition coefficient (Wildman–Crippen LogP) is 3.49. The van der Waals surface area contributed by atoms with Gasteiger partial charge < -0.3 is 5.32 Å². The van der Waals surface area contributed by atoms with E-state index in [0.717, 1.165) is 42.3 Å². The van der Waals surface area contributed by atoms with Gasteiger partial charge in [0.1, 0.15) is 5.82 Å². The van der Waals surface area contributed by atoms with Crippen molar-refractivity contribution in [1.82, 2.24) is 15.3 Å². The van der Waals surface area contributed by atoms with Gasteiger partial charge in [0.15, 0.2) is 0 Å². The van der Waals surface area contributed by atoms with E-state index in [0.29, 0.717) is 5.92 Å². The van der Waals surface area contributed by atoms with Crippen LogP contribution < -0.4 is 5.32 Å². The standard InChI is InChI=1S/C17H20ClN3/c1-11(2)17-14-10-19-7-6-15(14)20-16(21-17)9-12-4-3-5-13(18)8-12/h3-5,8,11,19H,6-7,9-10H2,1-2H3. The lowest BCUT2D eigenvalue weighted by Gasteiger charge is -2.21. The molecule has 0 aliphatic carbocycles. The first kappa shape index (κ1) is 14.5. The molecule has 2 heterocycles. The minimum absolute atomic E-state index is 0.416. The van der Waals surface area contributed by atoms with E-state index in [9.17, 15) is 0 Å². The zero-order valence-electron chi connectivity index (χ0n) is 12.5. The van der Waals surface area contributed by atoms with Crippen molar-refractivity contribution in [3.63, 3.8) is 0 Å². The van der Waals surface area contributed by atoms with E-state index in [4.69, 9.17) is 21.6 Å². The summed E-state index contributed by atoms with van der Waals surface area (Å²) in [4.78, 5) is 9.60. The SMILES string of the molecule is CC(C)c1nc(Cc2cccc(Cl)c2)nc2c1CNCC2. The summed E-state index contributed by atoms with van der Waals surface area (Å²) in [6.45, 7) is 6.28. The molecule has 0 spiro atoms. The number of nitrogens with zero attached hydrogens (tertiary/aromatic N) is 2. The molecule has 21 heavy (non-hydrogen) atoms. The number of hydrogen-bond acceptors (Lipinski definition) is 3. The van der Waals surface area contributed by atoms with Gasteiger partial charge in [-0.25, -0.2) is 9.97 Å². The Hall–Kier alpha value is -1.45. The molecule has 0 saturated carbocycles. The molecule has 1 aliphatic rings. The zero-order valence-corrected chi connectivity index (χ0v) is 13.2. The van der Waals surface area contributed by atoms with Crippen molar-refractivity contribution in [2.45, 2.75) is 39.2 Å². The van der Waals surface area contributed by atoms with Crippen LogP contribution >= 0.6 is 11.6 Å². The number of aromatic nitrogens is 2. The quantitative estimate of drug-likeness (QED) is 0.943. The molecule has 110 valence electrons. The zero-order chi connectivity index (χ0) is 14.8. The van der Waals surface area contributed by atoms with Gasteiger partial charge >= 0.3 is 0 Å². The highest BCUT2D eigenvalue weighted by atomic mass is 35.5. The van der Waals surface area contributed by atoms with Crippen LogP contribution in [0.5, 0.6) is 0 Å². The molecule has 0 radical (unpaired) electrons. The molecule has 1 aromatic heterocycles. The fourth-order valence-electron chi connectivity index (χ4n) is 2.81. The van der Waals surface area contributed by atoms with Crippen molar-refractivity contribution in [2.75, 3.05) is 6.54 Å². The molecule has 0 amide bonds. The average molecular weight is 302 g/mol. The Morgan fingerprint density at radius 2 is 2.14 bits per heavy atom. The fourth-order valence-corrected chi connectivity index (χ4v) is 3.02. The van der Waals surface area contributed by atoms with Gasteiger partial charge in [0, 0.05) is 36.5 Å². The Morgan fingerprint density at radius 3 is 2.90 bits per heavy atom. The van der Waals surface area contributed by atoms with Crippen LogP contribution in [0.4, 0.5) is 0 Å². The predicted molar refractivity (Wildman–Crippen MR) is 85.8 cm³/mol. The molecule has 0 bridgehead atoms. The van der Waals surface area contributed by atoms with Crippen molar-refractivity contribution >= 4 is 11.6 Å². The largest absolute Gasteiger partial charge is 0.312 e. The van der Waals surface area contributed by atoms with Crippen molar-refractivity contribution < 1.29 is 0 Å². The molecule has 1 N–H and O–H groups in total. The molecule has 1 aromatic carbocycles.